The van der Waals surface area contributed by atoms with Crippen LogP contribution in [-0.2, 0) is 51.3 Å². The summed E-state index contributed by atoms with van der Waals surface area (Å²) in [5, 5.41) is 37.9. The average Bonchev–Trinajstić information content (AvgIpc) is 3.30. The van der Waals surface area contributed by atoms with Crippen molar-refractivity contribution in [3.05, 3.63) is 154 Å². The molecule has 1 fully saturated rings. The lowest BCUT2D eigenvalue weighted by atomic mass is 9.49. The van der Waals surface area contributed by atoms with Crippen LogP contribution < -0.4 is 14.8 Å². The maximum atomic E-state index is 14.4. The van der Waals surface area contributed by atoms with E-state index in [2.05, 4.69) is 41.7 Å². The van der Waals surface area contributed by atoms with Crippen molar-refractivity contribution in [1.29, 1.82) is 0 Å². The lowest BCUT2D eigenvalue weighted by Crippen LogP contribution is -2.54. The highest BCUT2D eigenvalue weighted by Crippen LogP contribution is 2.60. The molecule has 10 heteroatoms. The van der Waals surface area contributed by atoms with Crippen LogP contribution in [-0.4, -0.2) is 60.7 Å². The summed E-state index contributed by atoms with van der Waals surface area (Å²) in [6.45, 7) is 2.13. The second-order valence-electron chi connectivity index (χ2n) is 18.3. The number of phenolic OH excluding ortho intramolecular Hbond substituents is 3. The molecule has 0 saturated heterocycles. The van der Waals surface area contributed by atoms with E-state index in [1.54, 1.807) is 25.3 Å². The van der Waals surface area contributed by atoms with Gasteiger partial charge in [-0.15, -0.1) is 0 Å². The smallest absolute Gasteiger partial charge is 0.310 e. The number of fused-ring (bicyclic) bond motifs is 7. The zero-order chi connectivity index (χ0) is 46.1. The molecule has 4 N–H and O–H groups in total. The van der Waals surface area contributed by atoms with Gasteiger partial charge in [0.25, 0.3) is 0 Å². The molecule has 0 amide bonds. The van der Waals surface area contributed by atoms with Crippen molar-refractivity contribution < 1.29 is 43.9 Å². The molecule has 6 aromatic rings. The van der Waals surface area contributed by atoms with Crippen LogP contribution >= 0.6 is 0 Å². The fraction of sp³-hybridized carbons (Fsp3) is 0.321. The third-order valence-corrected chi connectivity index (χ3v) is 14.3. The molecule has 6 atom stereocenters. The number of ether oxygens (including phenoxy) is 4. The molecule has 0 bridgehead atoms. The number of hydrogen-bond acceptors (Lipinski definition) is 10. The third kappa shape index (κ3) is 8.82. The molecule has 66 heavy (non-hydrogen) atoms. The Labute approximate surface area is 385 Å². The van der Waals surface area contributed by atoms with Crippen LogP contribution in [0.1, 0.15) is 71.0 Å². The number of benzene rings is 6. The normalized spacial score (nSPS) is 22.2. The first kappa shape index (κ1) is 44.4. The van der Waals surface area contributed by atoms with Gasteiger partial charge < -0.3 is 39.6 Å². The molecule has 0 heterocycles. The minimum absolute atomic E-state index is 0.000995. The average molecular weight is 888 g/mol. The second-order valence-corrected chi connectivity index (χ2v) is 18.3. The maximum Gasteiger partial charge on any atom is 0.310 e. The monoisotopic (exact) mass is 887 g/mol. The Bertz CT molecular complexity index is 2820. The van der Waals surface area contributed by atoms with Crippen molar-refractivity contribution in [2.24, 2.45) is 17.3 Å². The van der Waals surface area contributed by atoms with Crippen molar-refractivity contribution in [3.8, 4) is 39.9 Å². The molecule has 6 aromatic carbocycles. The Morgan fingerprint density at radius 1 is 0.773 bits per heavy atom. The van der Waals surface area contributed by atoms with E-state index in [4.69, 9.17) is 18.9 Å². The summed E-state index contributed by atoms with van der Waals surface area (Å²) in [7, 11) is 4.99. The summed E-state index contributed by atoms with van der Waals surface area (Å²) >= 11 is 0. The van der Waals surface area contributed by atoms with Crippen LogP contribution in [0.25, 0.3) is 28.0 Å². The molecule has 1 saturated carbocycles. The number of methoxy groups -OCH3 is 2. The number of phenols is 3. The van der Waals surface area contributed by atoms with Gasteiger partial charge in [-0.3, -0.25) is 9.59 Å². The van der Waals surface area contributed by atoms with Crippen LogP contribution in [0.4, 0.5) is 0 Å². The molecule has 0 spiro atoms. The summed E-state index contributed by atoms with van der Waals surface area (Å²) in [5.74, 6) is -0.256. The van der Waals surface area contributed by atoms with Crippen molar-refractivity contribution in [1.82, 2.24) is 5.32 Å². The number of aryl methyl sites for hydroxylation is 1. The highest BCUT2D eigenvalue weighted by atomic mass is 16.6. The van der Waals surface area contributed by atoms with Gasteiger partial charge in [0.2, 0.25) is 0 Å². The highest BCUT2D eigenvalue weighted by Gasteiger charge is 2.56. The summed E-state index contributed by atoms with van der Waals surface area (Å²) in [6, 6.07) is 35.1. The van der Waals surface area contributed by atoms with E-state index in [0.29, 0.717) is 43.7 Å². The van der Waals surface area contributed by atoms with Crippen LogP contribution in [0, 0.1) is 17.3 Å². The minimum atomic E-state index is -0.644. The zero-order valence-electron chi connectivity index (χ0n) is 37.9. The van der Waals surface area contributed by atoms with E-state index >= 15 is 0 Å². The number of aromatic hydroxyl groups is 3. The number of rotatable bonds is 11. The first-order chi connectivity index (χ1) is 31.9. The van der Waals surface area contributed by atoms with Gasteiger partial charge in [0.05, 0.1) is 20.6 Å². The molecule has 10 nitrogen and oxygen atoms in total. The lowest BCUT2D eigenvalue weighted by Gasteiger charge is -2.56. The zero-order valence-corrected chi connectivity index (χ0v) is 37.9. The number of carbonyl (C=O) groups is 2. The molecule has 0 aromatic heterocycles. The van der Waals surface area contributed by atoms with Gasteiger partial charge in [0, 0.05) is 31.2 Å². The molecular weight excluding hydrogens is 831 g/mol. The number of hydrogen-bond donors (Lipinski definition) is 4. The Kier molecular flexibility index (Phi) is 12.5. The Morgan fingerprint density at radius 2 is 1.55 bits per heavy atom. The SMILES string of the molecule is CNCc1cccc(-c2cc(O)cc3ccc(CC(=O)O[C@@H]4C[C@@H](OC(C)=O)[C@H]5Cc6cc(OC)c(O)cc6C[C@]5(/C=C/c5ccccc5)[C@H]5CCc6cc(O)c(OC)cc6[C@@H]5C4)cc23)c1. The van der Waals surface area contributed by atoms with E-state index < -0.39 is 29.6 Å². The largest absolute Gasteiger partial charge is 0.508 e. The number of allylic oxidation sites excluding steroid dienone is 1. The van der Waals surface area contributed by atoms with E-state index in [1.807, 2.05) is 73.8 Å². The fourth-order valence-corrected chi connectivity index (χ4v) is 11.5. The number of carbonyl (C=O) groups excluding carboxylic acids is 2. The maximum absolute atomic E-state index is 14.4. The van der Waals surface area contributed by atoms with Crippen LogP contribution in [0.2, 0.25) is 0 Å². The van der Waals surface area contributed by atoms with E-state index in [1.165, 1.54) is 14.0 Å². The molecular formula is C56H57NO9. The van der Waals surface area contributed by atoms with Gasteiger partial charge >= 0.3 is 11.9 Å². The first-order valence-corrected chi connectivity index (χ1v) is 22.8. The van der Waals surface area contributed by atoms with Crippen molar-refractivity contribution in [2.45, 2.75) is 76.5 Å². The summed E-state index contributed by atoms with van der Waals surface area (Å²) < 4.78 is 24.3. The van der Waals surface area contributed by atoms with Gasteiger partial charge in [-0.1, -0.05) is 72.8 Å². The molecule has 0 unspecified atom stereocenters. The Morgan fingerprint density at radius 3 is 2.30 bits per heavy atom. The van der Waals surface area contributed by atoms with E-state index in [-0.39, 0.29) is 47.8 Å². The predicted octanol–water partition coefficient (Wildman–Crippen LogP) is 10.0. The number of nitrogens with one attached hydrogen (secondary N) is 1. The highest BCUT2D eigenvalue weighted by molar-refractivity contribution is 5.98. The van der Waals surface area contributed by atoms with Gasteiger partial charge in [-0.25, -0.2) is 0 Å². The standard InChI is InChI=1S/C56H57NO9/c1-33(58)65-52-29-43(66-55(62)21-35-13-14-38-22-42(59)27-45(44(38)20-35)37-12-8-11-36(19-37)32-57-2)28-47-46-30-54(64-4)50(60)24-39(46)15-16-48(47)56(18-17-34-9-6-5-7-10-34)31-41-25-51(61)53(63-3)26-40(41)23-49(52)56/h5-14,17-20,22,24-27,30,43,47-49,52,57,59-61H,15-16,21,23,28-29,31-32H2,1-4H3/b18-17+/t43-,47-,48-,49+,52+,56+/m0/s1. The molecule has 9 rings (SSSR count). The van der Waals surface area contributed by atoms with Gasteiger partial charge in [-0.05, 0) is 160 Å². The summed E-state index contributed by atoms with van der Waals surface area (Å²) in [6.07, 6.45) is 6.43. The fourth-order valence-electron chi connectivity index (χ4n) is 11.5. The topological polar surface area (TPSA) is 144 Å². The molecule has 0 radical (unpaired) electrons. The summed E-state index contributed by atoms with van der Waals surface area (Å²) in [4.78, 5) is 27.6. The van der Waals surface area contributed by atoms with Crippen LogP contribution in [0.5, 0.6) is 28.7 Å². The van der Waals surface area contributed by atoms with Gasteiger partial charge in [-0.2, -0.15) is 0 Å². The number of esters is 2. The van der Waals surface area contributed by atoms with E-state index in [0.717, 1.165) is 67.3 Å². The molecule has 0 aliphatic heterocycles. The summed E-state index contributed by atoms with van der Waals surface area (Å²) in [5.41, 5.74) is 8.17. The van der Waals surface area contributed by atoms with Crippen molar-refractivity contribution in [2.75, 3.05) is 21.3 Å². The van der Waals surface area contributed by atoms with Gasteiger partial charge in [0.1, 0.15) is 18.0 Å². The lowest BCUT2D eigenvalue weighted by molar-refractivity contribution is -0.164. The molecule has 340 valence electrons. The van der Waals surface area contributed by atoms with Crippen molar-refractivity contribution >= 4 is 28.8 Å². The predicted molar refractivity (Wildman–Crippen MR) is 255 cm³/mol. The molecule has 3 aliphatic carbocycles. The van der Waals surface area contributed by atoms with E-state index in [9.17, 15) is 24.9 Å². The van der Waals surface area contributed by atoms with Gasteiger partial charge in [0.15, 0.2) is 23.0 Å². The Hall–Kier alpha value is -6.78. The quantitative estimate of drug-likeness (QED) is 0.0929. The minimum Gasteiger partial charge on any atom is -0.508 e. The van der Waals surface area contributed by atoms with Crippen molar-refractivity contribution in [3.63, 3.8) is 0 Å². The van der Waals surface area contributed by atoms with Crippen LogP contribution in [0.15, 0.2) is 115 Å². The second kappa shape index (κ2) is 18.6. The van der Waals surface area contributed by atoms with Crippen LogP contribution in [0.3, 0.4) is 0 Å². The third-order valence-electron chi connectivity index (χ3n) is 14.3. The first-order valence-electron chi connectivity index (χ1n) is 22.8. The molecule has 3 aliphatic rings. The Balaban J connectivity index is 1.13.